The molecule has 2 N–H and O–H groups in total. The highest BCUT2D eigenvalue weighted by atomic mass is 16.2. The molecule has 0 aromatic rings. The zero-order valence-corrected chi connectivity index (χ0v) is 8.59. The molecule has 2 aliphatic heterocycles. The van der Waals surface area contributed by atoms with Crippen molar-refractivity contribution in [2.24, 2.45) is 5.92 Å². The molecule has 0 bridgehead atoms. The Morgan fingerprint density at radius 3 is 2.57 bits per heavy atom. The van der Waals surface area contributed by atoms with Gasteiger partial charge in [-0.3, -0.25) is 10.2 Å². The van der Waals surface area contributed by atoms with Gasteiger partial charge in [-0.1, -0.05) is 6.42 Å². The summed E-state index contributed by atoms with van der Waals surface area (Å²) in [5.74, 6) is 0.762. The molecule has 0 aliphatic carbocycles. The fourth-order valence-corrected chi connectivity index (χ4v) is 1.98. The average Bonchev–Trinajstić information content (AvgIpc) is 2.13. The topological polar surface area (TPSA) is 44.4 Å². The van der Waals surface area contributed by atoms with E-state index in [0.29, 0.717) is 12.3 Å². The summed E-state index contributed by atoms with van der Waals surface area (Å²) in [5, 5.41) is 5.24. The van der Waals surface area contributed by atoms with Crippen molar-refractivity contribution in [2.45, 2.75) is 25.7 Å². The standard InChI is InChI=1S/C10H19N3O/c14-10(6-9-7-11-8-9)12-13-4-2-1-3-5-13/h9,11H,1-8H2,(H,12,14). The third-order valence-corrected chi connectivity index (χ3v) is 2.98. The van der Waals surface area contributed by atoms with E-state index in [2.05, 4.69) is 15.8 Å². The number of rotatable bonds is 3. The second-order valence-corrected chi connectivity index (χ2v) is 4.31. The Hall–Kier alpha value is -0.610. The number of carbonyl (C=O) groups excluding carboxylic acids is 1. The van der Waals surface area contributed by atoms with Crippen molar-refractivity contribution in [1.82, 2.24) is 15.8 Å². The zero-order chi connectivity index (χ0) is 9.80. The van der Waals surface area contributed by atoms with Crippen molar-refractivity contribution in [2.75, 3.05) is 26.2 Å². The first kappa shape index (κ1) is 9.93. The van der Waals surface area contributed by atoms with E-state index in [4.69, 9.17) is 0 Å². The molecular formula is C10H19N3O. The Balaban J connectivity index is 1.64. The molecular weight excluding hydrogens is 178 g/mol. The predicted molar refractivity (Wildman–Crippen MR) is 54.5 cm³/mol. The van der Waals surface area contributed by atoms with Crippen molar-refractivity contribution in [3.8, 4) is 0 Å². The van der Waals surface area contributed by atoms with E-state index in [-0.39, 0.29) is 5.91 Å². The van der Waals surface area contributed by atoms with Gasteiger partial charge in [0.25, 0.3) is 0 Å². The van der Waals surface area contributed by atoms with E-state index < -0.39 is 0 Å². The minimum absolute atomic E-state index is 0.193. The molecule has 0 unspecified atom stereocenters. The summed E-state index contributed by atoms with van der Waals surface area (Å²) in [5.41, 5.74) is 2.98. The maximum Gasteiger partial charge on any atom is 0.234 e. The molecule has 80 valence electrons. The monoisotopic (exact) mass is 197 g/mol. The number of nitrogens with zero attached hydrogens (tertiary/aromatic N) is 1. The summed E-state index contributed by atoms with van der Waals surface area (Å²) in [6.45, 7) is 4.06. The maximum atomic E-state index is 11.5. The van der Waals surface area contributed by atoms with Crippen molar-refractivity contribution in [1.29, 1.82) is 0 Å². The smallest absolute Gasteiger partial charge is 0.234 e. The molecule has 0 spiro atoms. The normalized spacial score (nSPS) is 24.3. The second-order valence-electron chi connectivity index (χ2n) is 4.31. The van der Waals surface area contributed by atoms with Crippen LogP contribution in [0.15, 0.2) is 0 Å². The number of hydrogen-bond acceptors (Lipinski definition) is 3. The van der Waals surface area contributed by atoms with Gasteiger partial charge in [0.15, 0.2) is 0 Å². The van der Waals surface area contributed by atoms with Crippen LogP contribution in [0.2, 0.25) is 0 Å². The molecule has 4 heteroatoms. The fraction of sp³-hybridized carbons (Fsp3) is 0.900. The molecule has 2 heterocycles. The van der Waals surface area contributed by atoms with Crippen LogP contribution in [0.25, 0.3) is 0 Å². The molecule has 2 saturated heterocycles. The van der Waals surface area contributed by atoms with Gasteiger partial charge in [0.05, 0.1) is 0 Å². The van der Waals surface area contributed by atoms with E-state index in [1.807, 2.05) is 0 Å². The molecule has 0 radical (unpaired) electrons. The van der Waals surface area contributed by atoms with Crippen LogP contribution in [0.1, 0.15) is 25.7 Å². The summed E-state index contributed by atoms with van der Waals surface area (Å²) in [7, 11) is 0. The molecule has 2 aliphatic rings. The molecule has 14 heavy (non-hydrogen) atoms. The number of hydrogen-bond donors (Lipinski definition) is 2. The van der Waals surface area contributed by atoms with Crippen molar-refractivity contribution < 1.29 is 4.79 Å². The number of nitrogens with one attached hydrogen (secondary N) is 2. The molecule has 2 fully saturated rings. The Morgan fingerprint density at radius 2 is 2.00 bits per heavy atom. The number of hydrazine groups is 1. The first-order chi connectivity index (χ1) is 6.84. The molecule has 0 aromatic carbocycles. The number of amides is 1. The summed E-state index contributed by atoms with van der Waals surface area (Å²) >= 11 is 0. The summed E-state index contributed by atoms with van der Waals surface area (Å²) in [6, 6.07) is 0. The minimum atomic E-state index is 0.193. The van der Waals surface area contributed by atoms with E-state index >= 15 is 0 Å². The highest BCUT2D eigenvalue weighted by molar-refractivity contribution is 5.75. The molecule has 4 nitrogen and oxygen atoms in total. The van der Waals surface area contributed by atoms with Crippen molar-refractivity contribution >= 4 is 5.91 Å². The lowest BCUT2D eigenvalue weighted by Crippen LogP contribution is -2.49. The lowest BCUT2D eigenvalue weighted by atomic mass is 9.99. The Bertz CT molecular complexity index is 198. The van der Waals surface area contributed by atoms with E-state index in [9.17, 15) is 4.79 Å². The van der Waals surface area contributed by atoms with E-state index in [1.165, 1.54) is 19.3 Å². The summed E-state index contributed by atoms with van der Waals surface area (Å²) in [6.07, 6.45) is 4.42. The second kappa shape index (κ2) is 4.75. The largest absolute Gasteiger partial charge is 0.316 e. The van der Waals surface area contributed by atoms with E-state index in [0.717, 1.165) is 26.2 Å². The lowest BCUT2D eigenvalue weighted by Gasteiger charge is -2.30. The van der Waals surface area contributed by atoms with Gasteiger partial charge in [0.1, 0.15) is 0 Å². The molecule has 0 saturated carbocycles. The van der Waals surface area contributed by atoms with Crippen molar-refractivity contribution in [3.05, 3.63) is 0 Å². The lowest BCUT2D eigenvalue weighted by molar-refractivity contribution is -0.127. The summed E-state index contributed by atoms with van der Waals surface area (Å²) in [4.78, 5) is 11.5. The molecule has 1 amide bonds. The zero-order valence-electron chi connectivity index (χ0n) is 8.59. The minimum Gasteiger partial charge on any atom is -0.316 e. The van der Waals surface area contributed by atoms with Crippen LogP contribution in [0.4, 0.5) is 0 Å². The number of carbonyl (C=O) groups is 1. The number of piperidine rings is 1. The van der Waals surface area contributed by atoms with Gasteiger partial charge in [0.2, 0.25) is 5.91 Å². The van der Waals surface area contributed by atoms with Crippen molar-refractivity contribution in [3.63, 3.8) is 0 Å². The highest BCUT2D eigenvalue weighted by Gasteiger charge is 2.21. The van der Waals surface area contributed by atoms with Gasteiger partial charge in [-0.15, -0.1) is 0 Å². The third kappa shape index (κ3) is 2.69. The SMILES string of the molecule is O=C(CC1CNC1)NN1CCCCC1. The highest BCUT2D eigenvalue weighted by Crippen LogP contribution is 2.09. The van der Waals surface area contributed by atoms with Gasteiger partial charge >= 0.3 is 0 Å². The van der Waals surface area contributed by atoms with Crippen LogP contribution in [0, 0.1) is 5.92 Å². The predicted octanol–water partition coefficient (Wildman–Crippen LogP) is 0.113. The first-order valence-electron chi connectivity index (χ1n) is 5.60. The van der Waals surface area contributed by atoms with Gasteiger partial charge in [-0.25, -0.2) is 5.01 Å². The van der Waals surface area contributed by atoms with Crippen LogP contribution < -0.4 is 10.7 Å². The first-order valence-corrected chi connectivity index (χ1v) is 5.60. The van der Waals surface area contributed by atoms with Gasteiger partial charge in [0, 0.05) is 19.5 Å². The summed E-state index contributed by atoms with van der Waals surface area (Å²) < 4.78 is 0. The Labute approximate surface area is 85.0 Å². The van der Waals surface area contributed by atoms with Gasteiger partial charge in [-0.2, -0.15) is 0 Å². The molecule has 0 aromatic heterocycles. The van der Waals surface area contributed by atoms with Gasteiger partial charge in [-0.05, 0) is 31.8 Å². The average molecular weight is 197 g/mol. The third-order valence-electron chi connectivity index (χ3n) is 2.98. The quantitative estimate of drug-likeness (QED) is 0.675. The van der Waals surface area contributed by atoms with Gasteiger partial charge < -0.3 is 5.32 Å². The molecule has 2 rings (SSSR count). The molecule has 0 atom stereocenters. The van der Waals surface area contributed by atoms with Crippen LogP contribution in [-0.4, -0.2) is 37.1 Å². The van der Waals surface area contributed by atoms with E-state index in [1.54, 1.807) is 0 Å². The Kier molecular flexibility index (Phi) is 3.37. The maximum absolute atomic E-state index is 11.5. The fourth-order valence-electron chi connectivity index (χ4n) is 1.98. The van der Waals surface area contributed by atoms with Crippen LogP contribution in [0.5, 0.6) is 0 Å². The van der Waals surface area contributed by atoms with Crippen LogP contribution in [-0.2, 0) is 4.79 Å². The van der Waals surface area contributed by atoms with Crippen LogP contribution >= 0.6 is 0 Å². The van der Waals surface area contributed by atoms with Crippen LogP contribution in [0.3, 0.4) is 0 Å². The Morgan fingerprint density at radius 1 is 1.29 bits per heavy atom.